The first-order chi connectivity index (χ1) is 5.66. The maximum absolute atomic E-state index is 12.3. The van der Waals surface area contributed by atoms with Crippen LogP contribution in [0.15, 0.2) is 12.4 Å². The second-order valence-electron chi connectivity index (χ2n) is 2.12. The average molecular weight is 348 g/mol. The minimum atomic E-state index is -2.44. The van der Waals surface area contributed by atoms with E-state index in [1.165, 1.54) is 6.20 Å². The van der Waals surface area contributed by atoms with Gasteiger partial charge in [0.25, 0.3) is 6.43 Å². The van der Waals surface area contributed by atoms with Crippen LogP contribution in [0.3, 0.4) is 0 Å². The highest BCUT2D eigenvalue weighted by Crippen LogP contribution is 2.26. The summed E-state index contributed by atoms with van der Waals surface area (Å²) in [5.41, 5.74) is 0.638. The van der Waals surface area contributed by atoms with Gasteiger partial charge in [-0.05, 0) is 28.2 Å². The van der Waals surface area contributed by atoms with E-state index in [9.17, 15) is 8.78 Å². The Kier molecular flexibility index (Phi) is 3.82. The smallest absolute Gasteiger partial charge is 0.263 e. The van der Waals surface area contributed by atoms with E-state index >= 15 is 0 Å². The van der Waals surface area contributed by atoms with E-state index in [0.29, 0.717) is 10.9 Å². The zero-order valence-corrected chi connectivity index (χ0v) is 9.64. The largest absolute Gasteiger partial charge is 0.265 e. The minimum absolute atomic E-state index is 0.0128. The van der Waals surface area contributed by atoms with Gasteiger partial charge in [0.05, 0.1) is 0 Å². The molecule has 1 heterocycles. The summed E-state index contributed by atoms with van der Waals surface area (Å²) in [7, 11) is 0. The lowest BCUT2D eigenvalue weighted by atomic mass is 10.2. The van der Waals surface area contributed by atoms with Gasteiger partial charge in [-0.3, -0.25) is 4.98 Å². The van der Waals surface area contributed by atoms with Gasteiger partial charge in [-0.15, -0.1) is 0 Å². The van der Waals surface area contributed by atoms with Gasteiger partial charge >= 0.3 is 0 Å². The molecule has 1 rings (SSSR count). The minimum Gasteiger partial charge on any atom is -0.263 e. The van der Waals surface area contributed by atoms with Crippen LogP contribution in [0.25, 0.3) is 0 Å². The number of hydrogen-bond acceptors (Lipinski definition) is 1. The summed E-state index contributed by atoms with van der Waals surface area (Å²) in [4.78, 5) is 3.71. The van der Waals surface area contributed by atoms with Crippen LogP contribution in [0.1, 0.15) is 17.6 Å². The summed E-state index contributed by atoms with van der Waals surface area (Å²) in [5, 5.41) is 0.438. The van der Waals surface area contributed by atoms with Crippen LogP contribution >= 0.6 is 38.5 Å². The van der Waals surface area contributed by atoms with E-state index < -0.39 is 6.43 Å². The molecule has 66 valence electrons. The van der Waals surface area contributed by atoms with Crippen LogP contribution in [0.5, 0.6) is 0 Å². The number of halogens is 4. The molecule has 5 heteroatoms. The molecule has 0 fully saturated rings. The molecule has 1 aromatic heterocycles. The van der Waals surface area contributed by atoms with Crippen molar-refractivity contribution < 1.29 is 8.78 Å². The molecule has 0 amide bonds. The zero-order chi connectivity index (χ0) is 9.14. The van der Waals surface area contributed by atoms with Crippen molar-refractivity contribution in [1.82, 2.24) is 4.98 Å². The van der Waals surface area contributed by atoms with Crippen LogP contribution in [0, 0.1) is 3.57 Å². The molecule has 0 aliphatic heterocycles. The van der Waals surface area contributed by atoms with E-state index in [1.54, 1.807) is 6.20 Å². The van der Waals surface area contributed by atoms with Crippen LogP contribution < -0.4 is 0 Å². The first-order valence-corrected chi connectivity index (χ1v) is 5.33. The Morgan fingerprint density at radius 2 is 2.17 bits per heavy atom. The fourth-order valence-electron chi connectivity index (χ4n) is 0.806. The molecule has 0 aliphatic carbocycles. The molecule has 0 unspecified atom stereocenters. The van der Waals surface area contributed by atoms with E-state index in [2.05, 4.69) is 20.9 Å². The molecule has 0 saturated carbocycles. The predicted octanol–water partition coefficient (Wildman–Crippen LogP) is 3.52. The Hall–Kier alpha value is 0.220. The van der Waals surface area contributed by atoms with Gasteiger partial charge in [0, 0.05) is 26.9 Å². The molecule has 0 radical (unpaired) electrons. The number of aromatic nitrogens is 1. The summed E-state index contributed by atoms with van der Waals surface area (Å²) in [6.45, 7) is 0. The van der Waals surface area contributed by atoms with E-state index in [-0.39, 0.29) is 5.56 Å². The third kappa shape index (κ3) is 2.12. The van der Waals surface area contributed by atoms with Gasteiger partial charge < -0.3 is 0 Å². The Morgan fingerprint density at radius 1 is 1.50 bits per heavy atom. The van der Waals surface area contributed by atoms with Crippen molar-refractivity contribution in [2.45, 2.75) is 11.8 Å². The van der Waals surface area contributed by atoms with Crippen molar-refractivity contribution in [3.63, 3.8) is 0 Å². The van der Waals surface area contributed by atoms with Gasteiger partial charge in [0.15, 0.2) is 0 Å². The predicted molar refractivity (Wildman–Crippen MR) is 54.5 cm³/mol. The number of nitrogens with zero attached hydrogens (tertiary/aromatic N) is 1. The number of alkyl halides is 3. The highest BCUT2D eigenvalue weighted by Gasteiger charge is 2.14. The van der Waals surface area contributed by atoms with Crippen LogP contribution in [0.4, 0.5) is 8.78 Å². The number of rotatable bonds is 2. The topological polar surface area (TPSA) is 12.9 Å². The molecule has 0 spiro atoms. The van der Waals surface area contributed by atoms with E-state index in [4.69, 9.17) is 0 Å². The van der Waals surface area contributed by atoms with Crippen molar-refractivity contribution in [1.29, 1.82) is 0 Å². The fourth-order valence-corrected chi connectivity index (χ4v) is 2.62. The monoisotopic (exact) mass is 347 g/mol. The number of pyridine rings is 1. The van der Waals surface area contributed by atoms with Gasteiger partial charge in [-0.25, -0.2) is 8.78 Å². The number of hydrogen-bond donors (Lipinski definition) is 0. The summed E-state index contributed by atoms with van der Waals surface area (Å²) in [5.74, 6) is 0. The summed E-state index contributed by atoms with van der Waals surface area (Å²) >= 11 is 5.16. The first kappa shape index (κ1) is 10.3. The molecule has 0 atom stereocenters. The Morgan fingerprint density at radius 3 is 2.58 bits per heavy atom. The Bertz CT molecular complexity index is 280. The highest BCUT2D eigenvalue weighted by atomic mass is 127. The van der Waals surface area contributed by atoms with Gasteiger partial charge in [-0.1, -0.05) is 15.9 Å². The second kappa shape index (κ2) is 4.45. The van der Waals surface area contributed by atoms with Gasteiger partial charge in [-0.2, -0.15) is 0 Å². The maximum Gasteiger partial charge on any atom is 0.265 e. The SMILES string of the molecule is FC(F)c1cncc(I)c1CBr. The normalized spacial score (nSPS) is 10.8. The average Bonchev–Trinajstić information content (AvgIpc) is 2.03. The molecule has 0 aliphatic rings. The highest BCUT2D eigenvalue weighted by molar-refractivity contribution is 14.1. The molecule has 0 aromatic carbocycles. The third-order valence-electron chi connectivity index (χ3n) is 1.41. The van der Waals surface area contributed by atoms with Crippen LogP contribution in [-0.4, -0.2) is 4.98 Å². The summed E-state index contributed by atoms with van der Waals surface area (Å²) in [6, 6.07) is 0. The summed E-state index contributed by atoms with van der Waals surface area (Å²) in [6.07, 6.45) is 0.340. The molecule has 12 heavy (non-hydrogen) atoms. The lowest BCUT2D eigenvalue weighted by molar-refractivity contribution is 0.150. The van der Waals surface area contributed by atoms with Crippen molar-refractivity contribution in [3.8, 4) is 0 Å². The Labute approximate surface area is 90.8 Å². The van der Waals surface area contributed by atoms with Crippen molar-refractivity contribution in [3.05, 3.63) is 27.1 Å². The molecule has 1 nitrogen and oxygen atoms in total. The molecule has 0 N–H and O–H groups in total. The molecular weight excluding hydrogens is 343 g/mol. The molecule has 1 aromatic rings. The fraction of sp³-hybridized carbons (Fsp3) is 0.286. The van der Waals surface area contributed by atoms with E-state index in [1.807, 2.05) is 22.6 Å². The third-order valence-corrected chi connectivity index (χ3v) is 2.90. The second-order valence-corrected chi connectivity index (χ2v) is 3.85. The molecule has 0 saturated heterocycles. The lowest BCUT2D eigenvalue weighted by Gasteiger charge is -2.06. The first-order valence-electron chi connectivity index (χ1n) is 3.13. The van der Waals surface area contributed by atoms with Gasteiger partial charge in [0.1, 0.15) is 0 Å². The quantitative estimate of drug-likeness (QED) is 0.589. The van der Waals surface area contributed by atoms with Crippen LogP contribution in [0.2, 0.25) is 0 Å². The molecule has 0 bridgehead atoms. The Balaban J connectivity index is 3.18. The standard InChI is InChI=1S/C7H5BrF2IN/c8-1-4-5(7(9)10)2-12-3-6(4)11/h2-3,7H,1H2. The maximum atomic E-state index is 12.3. The van der Waals surface area contributed by atoms with Crippen molar-refractivity contribution in [2.24, 2.45) is 0 Å². The van der Waals surface area contributed by atoms with Crippen molar-refractivity contribution >= 4 is 38.5 Å². The summed E-state index contributed by atoms with van der Waals surface area (Å²) < 4.78 is 25.4. The van der Waals surface area contributed by atoms with E-state index in [0.717, 1.165) is 3.57 Å². The van der Waals surface area contributed by atoms with Gasteiger partial charge in [0.2, 0.25) is 0 Å². The molecular formula is C7H5BrF2IN. The van der Waals surface area contributed by atoms with Crippen LogP contribution in [-0.2, 0) is 5.33 Å². The lowest BCUT2D eigenvalue weighted by Crippen LogP contribution is -1.96. The van der Waals surface area contributed by atoms with Crippen molar-refractivity contribution in [2.75, 3.05) is 0 Å². The zero-order valence-electron chi connectivity index (χ0n) is 5.90.